The van der Waals surface area contributed by atoms with Crippen LogP contribution < -0.4 is 4.74 Å². The van der Waals surface area contributed by atoms with Crippen molar-refractivity contribution < 1.29 is 17.7 Å². The zero-order chi connectivity index (χ0) is 21.0. The quantitative estimate of drug-likeness (QED) is 0.500. The van der Waals surface area contributed by atoms with Gasteiger partial charge in [-0.3, -0.25) is 0 Å². The molecule has 2 aromatic carbocycles. The van der Waals surface area contributed by atoms with Crippen LogP contribution in [0.25, 0.3) is 11.4 Å². The number of aromatic nitrogens is 2. The maximum absolute atomic E-state index is 12.6. The van der Waals surface area contributed by atoms with Crippen molar-refractivity contribution in [1.82, 2.24) is 14.4 Å². The van der Waals surface area contributed by atoms with Gasteiger partial charge in [0.15, 0.2) is 0 Å². The van der Waals surface area contributed by atoms with Crippen molar-refractivity contribution in [3.8, 4) is 17.1 Å². The van der Waals surface area contributed by atoms with E-state index in [1.54, 1.807) is 24.3 Å². The van der Waals surface area contributed by atoms with E-state index in [-0.39, 0.29) is 18.2 Å². The number of benzene rings is 2. The van der Waals surface area contributed by atoms with Crippen LogP contribution in [0.1, 0.15) is 18.4 Å². The van der Waals surface area contributed by atoms with Gasteiger partial charge < -0.3 is 9.26 Å². The van der Waals surface area contributed by atoms with Gasteiger partial charge in [-0.2, -0.15) is 9.29 Å². The van der Waals surface area contributed by atoms with Gasteiger partial charge in [0.1, 0.15) is 5.75 Å². The van der Waals surface area contributed by atoms with Crippen molar-refractivity contribution in [3.05, 3.63) is 64.0 Å². The molecule has 0 atom stereocenters. The lowest BCUT2D eigenvalue weighted by Crippen LogP contribution is -2.28. The fourth-order valence-corrected chi connectivity index (χ4v) is 4.26. The lowest BCUT2D eigenvalue weighted by Gasteiger charge is -2.15. The normalized spacial score (nSPS) is 11.8. The molecule has 0 saturated carbocycles. The molecule has 1 heterocycles. The Hall–Kier alpha value is -2.13. The van der Waals surface area contributed by atoms with Gasteiger partial charge in [-0.25, -0.2) is 8.42 Å². The summed E-state index contributed by atoms with van der Waals surface area (Å²) in [5, 5.41) is 4.66. The molecular formula is C19H19Cl2N3O4S. The van der Waals surface area contributed by atoms with Crippen LogP contribution in [0.4, 0.5) is 0 Å². The number of rotatable bonds is 8. The molecule has 0 saturated heterocycles. The summed E-state index contributed by atoms with van der Waals surface area (Å²) < 4.78 is 37.1. The molecule has 3 aromatic rings. The van der Waals surface area contributed by atoms with E-state index in [0.29, 0.717) is 28.0 Å². The number of hydrogen-bond acceptors (Lipinski definition) is 6. The van der Waals surface area contributed by atoms with Gasteiger partial charge in [0.05, 0.1) is 18.9 Å². The van der Waals surface area contributed by atoms with Crippen LogP contribution in [0.2, 0.25) is 10.0 Å². The second-order valence-corrected chi connectivity index (χ2v) is 9.14. The molecule has 0 N–H and O–H groups in total. The maximum atomic E-state index is 12.6. The van der Waals surface area contributed by atoms with Gasteiger partial charge in [0.2, 0.25) is 21.7 Å². The van der Waals surface area contributed by atoms with E-state index in [9.17, 15) is 8.42 Å². The fraction of sp³-hybridized carbons (Fsp3) is 0.263. The molecule has 0 aliphatic heterocycles. The summed E-state index contributed by atoms with van der Waals surface area (Å²) in [5.74, 6) is 1.03. The highest BCUT2D eigenvalue weighted by atomic mass is 35.5. The number of nitrogens with zero attached hydrogens (tertiary/aromatic N) is 3. The standard InChI is InChI=1S/C19H19Cl2N3O4S/c1-3-27-16-8-5-13(6-9-16)19-22-18(28-23-19)11-24(2)29(25,26)12-14-4-7-15(20)10-17(14)21/h4-10H,3,11-12H2,1-2H3. The lowest BCUT2D eigenvalue weighted by molar-refractivity contribution is 0.336. The Kier molecular flexibility index (Phi) is 6.79. The number of halogens is 2. The summed E-state index contributed by atoms with van der Waals surface area (Å²) in [6.45, 7) is 2.43. The fourth-order valence-electron chi connectivity index (χ4n) is 2.54. The van der Waals surface area contributed by atoms with E-state index in [1.807, 2.05) is 19.1 Å². The van der Waals surface area contributed by atoms with Crippen molar-refractivity contribution in [2.75, 3.05) is 13.7 Å². The molecule has 0 aliphatic rings. The third-order valence-corrected chi connectivity index (χ3v) is 6.42. The predicted octanol–water partition coefficient (Wildman–Crippen LogP) is 4.40. The molecule has 0 unspecified atom stereocenters. The molecule has 10 heteroatoms. The van der Waals surface area contributed by atoms with Gasteiger partial charge in [0.25, 0.3) is 0 Å². The number of sulfonamides is 1. The smallest absolute Gasteiger partial charge is 0.242 e. The van der Waals surface area contributed by atoms with Gasteiger partial charge in [-0.05, 0) is 48.9 Å². The molecule has 0 fully saturated rings. The van der Waals surface area contributed by atoms with E-state index >= 15 is 0 Å². The van der Waals surface area contributed by atoms with E-state index in [4.69, 9.17) is 32.5 Å². The van der Waals surface area contributed by atoms with E-state index in [2.05, 4.69) is 10.1 Å². The Morgan fingerprint density at radius 3 is 2.52 bits per heavy atom. The average Bonchev–Trinajstić information content (AvgIpc) is 3.13. The largest absolute Gasteiger partial charge is 0.494 e. The summed E-state index contributed by atoms with van der Waals surface area (Å²) in [4.78, 5) is 4.28. The van der Waals surface area contributed by atoms with Gasteiger partial charge in [-0.15, -0.1) is 0 Å². The van der Waals surface area contributed by atoms with Gasteiger partial charge >= 0.3 is 0 Å². The van der Waals surface area contributed by atoms with Gasteiger partial charge in [-0.1, -0.05) is 34.4 Å². The highest BCUT2D eigenvalue weighted by molar-refractivity contribution is 7.88. The summed E-state index contributed by atoms with van der Waals surface area (Å²) in [7, 11) is -2.21. The Morgan fingerprint density at radius 2 is 1.86 bits per heavy atom. The molecule has 0 bridgehead atoms. The second-order valence-electron chi connectivity index (χ2n) is 6.22. The molecule has 1 aromatic heterocycles. The highest BCUT2D eigenvalue weighted by Crippen LogP contribution is 2.24. The van der Waals surface area contributed by atoms with Crippen molar-refractivity contribution in [2.24, 2.45) is 0 Å². The van der Waals surface area contributed by atoms with Crippen molar-refractivity contribution >= 4 is 33.2 Å². The Balaban J connectivity index is 1.69. The van der Waals surface area contributed by atoms with Crippen LogP contribution in [0.5, 0.6) is 5.75 Å². The topological polar surface area (TPSA) is 85.5 Å². The first-order chi connectivity index (χ1) is 13.8. The average molecular weight is 456 g/mol. The zero-order valence-corrected chi connectivity index (χ0v) is 18.1. The lowest BCUT2D eigenvalue weighted by atomic mass is 10.2. The zero-order valence-electron chi connectivity index (χ0n) is 15.8. The highest BCUT2D eigenvalue weighted by Gasteiger charge is 2.23. The third-order valence-electron chi connectivity index (χ3n) is 4.08. The summed E-state index contributed by atoms with van der Waals surface area (Å²) in [5.41, 5.74) is 1.20. The Bertz CT molecular complexity index is 1090. The molecule has 0 aliphatic carbocycles. The van der Waals surface area contributed by atoms with Crippen LogP contribution in [-0.4, -0.2) is 36.5 Å². The minimum Gasteiger partial charge on any atom is -0.494 e. The molecule has 154 valence electrons. The van der Waals surface area contributed by atoms with E-state index in [1.165, 1.54) is 13.1 Å². The first-order valence-electron chi connectivity index (χ1n) is 8.72. The molecule has 0 radical (unpaired) electrons. The van der Waals surface area contributed by atoms with E-state index in [0.717, 1.165) is 15.6 Å². The van der Waals surface area contributed by atoms with Crippen LogP contribution >= 0.6 is 23.2 Å². The first-order valence-corrected chi connectivity index (χ1v) is 11.1. The van der Waals surface area contributed by atoms with Crippen molar-refractivity contribution in [3.63, 3.8) is 0 Å². The molecular weight excluding hydrogens is 437 g/mol. The van der Waals surface area contributed by atoms with Crippen LogP contribution in [-0.2, 0) is 22.3 Å². The van der Waals surface area contributed by atoms with Crippen molar-refractivity contribution in [2.45, 2.75) is 19.2 Å². The van der Waals surface area contributed by atoms with Crippen LogP contribution in [0.3, 0.4) is 0 Å². The Morgan fingerprint density at radius 1 is 1.14 bits per heavy atom. The SMILES string of the molecule is CCOc1ccc(-c2noc(CN(C)S(=O)(=O)Cc3ccc(Cl)cc3Cl)n2)cc1. The van der Waals surface area contributed by atoms with E-state index < -0.39 is 10.0 Å². The minimum absolute atomic E-state index is 0.0580. The van der Waals surface area contributed by atoms with Gasteiger partial charge in [0, 0.05) is 22.7 Å². The third kappa shape index (κ3) is 5.48. The summed E-state index contributed by atoms with van der Waals surface area (Å²) >= 11 is 11.9. The number of hydrogen-bond donors (Lipinski definition) is 0. The molecule has 3 rings (SSSR count). The predicted molar refractivity (Wildman–Crippen MR) is 111 cm³/mol. The molecule has 29 heavy (non-hydrogen) atoms. The Labute approximate surface area is 179 Å². The monoisotopic (exact) mass is 455 g/mol. The minimum atomic E-state index is -3.65. The van der Waals surface area contributed by atoms with Crippen LogP contribution in [0, 0.1) is 0 Å². The second kappa shape index (κ2) is 9.13. The van der Waals surface area contributed by atoms with Crippen molar-refractivity contribution in [1.29, 1.82) is 0 Å². The first kappa shape index (κ1) is 21.6. The number of ether oxygens (including phenoxy) is 1. The molecule has 0 spiro atoms. The summed E-state index contributed by atoms with van der Waals surface area (Å²) in [6.07, 6.45) is 0. The van der Waals surface area contributed by atoms with Crippen LogP contribution in [0.15, 0.2) is 47.0 Å². The maximum Gasteiger partial charge on any atom is 0.242 e. The summed E-state index contributed by atoms with van der Waals surface area (Å²) in [6, 6.07) is 11.9. The molecule has 7 nitrogen and oxygen atoms in total. The molecule has 0 amide bonds.